The first-order chi connectivity index (χ1) is 24.2. The number of carbonyl (C=O) groups is 2. The molecule has 3 atom stereocenters. The Balaban J connectivity index is 4.49. The van der Waals surface area contributed by atoms with Crippen molar-refractivity contribution in [2.24, 2.45) is 0 Å². The minimum atomic E-state index is -4.63. The zero-order valence-electron chi connectivity index (χ0n) is 30.8. The molecule has 10 nitrogen and oxygen atoms in total. The summed E-state index contributed by atoms with van der Waals surface area (Å²) in [4.78, 5) is 34.8. The lowest BCUT2D eigenvalue weighted by Crippen LogP contribution is -2.29. The second-order valence-corrected chi connectivity index (χ2v) is 13.8. The van der Waals surface area contributed by atoms with Crippen LogP contribution in [0.2, 0.25) is 0 Å². The number of aliphatic hydroxyl groups is 2. The second-order valence-electron chi connectivity index (χ2n) is 12.3. The van der Waals surface area contributed by atoms with Crippen LogP contribution in [0.25, 0.3) is 0 Å². The number of allylic oxidation sites excluding steroid dienone is 10. The monoisotopic (exact) mass is 726 g/mol. The summed E-state index contributed by atoms with van der Waals surface area (Å²) in [6.45, 7) is 2.12. The van der Waals surface area contributed by atoms with Crippen LogP contribution >= 0.6 is 7.82 Å². The molecule has 0 amide bonds. The van der Waals surface area contributed by atoms with Crippen LogP contribution < -0.4 is 0 Å². The van der Waals surface area contributed by atoms with Crippen molar-refractivity contribution in [2.45, 2.75) is 148 Å². The molecule has 288 valence electrons. The third kappa shape index (κ3) is 34.1. The Morgan fingerprint density at radius 2 is 1.10 bits per heavy atom. The van der Waals surface area contributed by atoms with Gasteiger partial charge in [-0.3, -0.25) is 18.6 Å². The third-order valence-corrected chi connectivity index (χ3v) is 8.52. The topological polar surface area (TPSA) is 149 Å². The van der Waals surface area contributed by atoms with Crippen molar-refractivity contribution in [2.75, 3.05) is 26.4 Å². The van der Waals surface area contributed by atoms with E-state index in [1.165, 1.54) is 64.2 Å². The van der Waals surface area contributed by atoms with E-state index in [4.69, 9.17) is 19.1 Å². The van der Waals surface area contributed by atoms with Crippen LogP contribution in [-0.4, -0.2) is 65.7 Å². The number of phosphoric ester groups is 1. The molecule has 0 saturated carbocycles. The Labute approximate surface area is 302 Å². The maximum atomic E-state index is 12.5. The molecule has 50 heavy (non-hydrogen) atoms. The van der Waals surface area contributed by atoms with Crippen LogP contribution in [0.15, 0.2) is 60.8 Å². The van der Waals surface area contributed by atoms with Crippen molar-refractivity contribution in [1.29, 1.82) is 0 Å². The molecule has 0 spiro atoms. The van der Waals surface area contributed by atoms with Crippen molar-refractivity contribution in [3.8, 4) is 0 Å². The summed E-state index contributed by atoms with van der Waals surface area (Å²) >= 11 is 0. The van der Waals surface area contributed by atoms with Crippen molar-refractivity contribution in [3.05, 3.63) is 60.8 Å². The molecule has 0 rings (SSSR count). The molecule has 0 aliphatic rings. The zero-order chi connectivity index (χ0) is 37.0. The molecule has 0 aromatic rings. The lowest BCUT2D eigenvalue weighted by atomic mass is 10.0. The van der Waals surface area contributed by atoms with E-state index in [1.54, 1.807) is 0 Å². The molecule has 0 bridgehead atoms. The van der Waals surface area contributed by atoms with Crippen molar-refractivity contribution < 1.29 is 47.8 Å². The quantitative estimate of drug-likeness (QED) is 0.0254. The highest BCUT2D eigenvalue weighted by Gasteiger charge is 2.27. The van der Waals surface area contributed by atoms with Crippen LogP contribution in [0.4, 0.5) is 0 Å². The highest BCUT2D eigenvalue weighted by Crippen LogP contribution is 2.43. The van der Waals surface area contributed by atoms with Crippen molar-refractivity contribution >= 4 is 19.8 Å². The molecule has 0 heterocycles. The average molecular weight is 727 g/mol. The lowest BCUT2D eigenvalue weighted by molar-refractivity contribution is -0.161. The van der Waals surface area contributed by atoms with Gasteiger partial charge in [-0.25, -0.2) is 4.57 Å². The van der Waals surface area contributed by atoms with Crippen LogP contribution in [-0.2, 0) is 32.7 Å². The maximum absolute atomic E-state index is 12.5. The van der Waals surface area contributed by atoms with E-state index in [1.807, 2.05) is 54.7 Å². The molecule has 11 heteroatoms. The van der Waals surface area contributed by atoms with Gasteiger partial charge in [0.1, 0.15) is 12.7 Å². The normalized spacial score (nSPS) is 14.7. The number of esters is 2. The van der Waals surface area contributed by atoms with E-state index in [-0.39, 0.29) is 19.4 Å². The van der Waals surface area contributed by atoms with E-state index in [2.05, 4.69) is 24.4 Å². The first-order valence-corrected chi connectivity index (χ1v) is 20.3. The van der Waals surface area contributed by atoms with Gasteiger partial charge in [-0.2, -0.15) is 0 Å². The van der Waals surface area contributed by atoms with Gasteiger partial charge in [0.2, 0.25) is 0 Å². The minimum Gasteiger partial charge on any atom is -0.462 e. The molecule has 0 aliphatic carbocycles. The number of rotatable bonds is 34. The number of hydrogen-bond acceptors (Lipinski definition) is 9. The number of unbranched alkanes of at least 4 members (excludes halogenated alkanes) is 14. The number of carbonyl (C=O) groups excluding carboxylic acids is 2. The Kier molecular flexibility index (Phi) is 33.5. The number of aliphatic hydroxyl groups excluding tert-OH is 2. The molecule has 2 unspecified atom stereocenters. The fraction of sp³-hybridized carbons (Fsp3) is 0.692. The fourth-order valence-corrected chi connectivity index (χ4v) is 5.46. The molecule has 0 aromatic carbocycles. The number of hydrogen-bond donors (Lipinski definition) is 3. The standard InChI is InChI=1S/C39H67O10P/c1-3-5-7-9-11-13-15-17-19-20-22-24-26-28-30-38(42)46-34-37(35-48-50(44,45)47-33-36(41)32-40)49-39(43)31-29-27-25-23-21-18-16-14-12-10-8-6-4-2/h6,8,10,12,14,16,18,21,23,25,36-37,40-41H,3-5,7,9,11,13,15,17,19-20,22,24,26-35H2,1-2H3,(H,44,45)/b8-6+,12-10+,16-14+,21-18+,25-23+/t36-,37?/m0/s1. The zero-order valence-corrected chi connectivity index (χ0v) is 31.7. The summed E-state index contributed by atoms with van der Waals surface area (Å²) in [5.41, 5.74) is 0. The van der Waals surface area contributed by atoms with Crippen LogP contribution in [0, 0.1) is 0 Å². The molecular formula is C39H67O10P. The molecule has 0 fully saturated rings. The summed E-state index contributed by atoms with van der Waals surface area (Å²) in [6.07, 6.45) is 36.3. The summed E-state index contributed by atoms with van der Waals surface area (Å²) < 4.78 is 32.5. The van der Waals surface area contributed by atoms with Gasteiger partial charge < -0.3 is 24.6 Å². The Morgan fingerprint density at radius 1 is 0.620 bits per heavy atom. The summed E-state index contributed by atoms with van der Waals surface area (Å²) in [5.74, 6) is -1.02. The third-order valence-electron chi connectivity index (χ3n) is 7.56. The average Bonchev–Trinajstić information content (AvgIpc) is 3.10. The van der Waals surface area contributed by atoms with E-state index in [0.717, 1.165) is 25.7 Å². The van der Waals surface area contributed by atoms with E-state index in [9.17, 15) is 24.2 Å². The van der Waals surface area contributed by atoms with Crippen LogP contribution in [0.5, 0.6) is 0 Å². The molecule has 0 aromatic heterocycles. The maximum Gasteiger partial charge on any atom is 0.472 e. The predicted octanol–water partition coefficient (Wildman–Crippen LogP) is 9.16. The minimum absolute atomic E-state index is 0.0868. The molecule has 3 N–H and O–H groups in total. The summed E-state index contributed by atoms with van der Waals surface area (Å²) in [5, 5.41) is 18.3. The SMILES string of the molecule is CC/C=C/C=C/C=C/C=C/C=C/CCCC(=O)OC(COC(=O)CCCCCCCCCCCCCCCC)COP(=O)(O)OC[C@@H](O)CO. The van der Waals surface area contributed by atoms with Crippen molar-refractivity contribution in [3.63, 3.8) is 0 Å². The van der Waals surface area contributed by atoms with Gasteiger partial charge >= 0.3 is 19.8 Å². The molecule has 0 saturated heterocycles. The predicted molar refractivity (Wildman–Crippen MR) is 200 cm³/mol. The second kappa shape index (κ2) is 35.1. The first kappa shape index (κ1) is 47.7. The van der Waals surface area contributed by atoms with Gasteiger partial charge in [0.25, 0.3) is 0 Å². The van der Waals surface area contributed by atoms with E-state index >= 15 is 0 Å². The summed E-state index contributed by atoms with van der Waals surface area (Å²) in [6, 6.07) is 0. The summed E-state index contributed by atoms with van der Waals surface area (Å²) in [7, 11) is -4.63. The highest BCUT2D eigenvalue weighted by atomic mass is 31.2. The smallest absolute Gasteiger partial charge is 0.462 e. The Morgan fingerprint density at radius 3 is 1.64 bits per heavy atom. The van der Waals surface area contributed by atoms with Crippen LogP contribution in [0.1, 0.15) is 136 Å². The molecular weight excluding hydrogens is 659 g/mol. The van der Waals surface area contributed by atoms with Crippen molar-refractivity contribution in [1.82, 2.24) is 0 Å². The van der Waals surface area contributed by atoms with E-state index < -0.39 is 51.8 Å². The Hall–Kier alpha value is -2.33. The van der Waals surface area contributed by atoms with Gasteiger partial charge in [0.15, 0.2) is 6.10 Å². The van der Waals surface area contributed by atoms with Gasteiger partial charge in [0, 0.05) is 12.8 Å². The first-order valence-electron chi connectivity index (χ1n) is 18.8. The van der Waals surface area contributed by atoms with Crippen LogP contribution in [0.3, 0.4) is 0 Å². The lowest BCUT2D eigenvalue weighted by Gasteiger charge is -2.20. The molecule has 0 radical (unpaired) electrons. The van der Waals surface area contributed by atoms with E-state index in [0.29, 0.717) is 19.3 Å². The van der Waals surface area contributed by atoms with Gasteiger partial charge in [-0.05, 0) is 25.7 Å². The molecule has 0 aliphatic heterocycles. The highest BCUT2D eigenvalue weighted by molar-refractivity contribution is 7.47. The number of phosphoric acid groups is 1. The van der Waals surface area contributed by atoms with Gasteiger partial charge in [0.05, 0.1) is 19.8 Å². The largest absolute Gasteiger partial charge is 0.472 e. The van der Waals surface area contributed by atoms with Gasteiger partial charge in [-0.1, -0.05) is 158 Å². The Bertz CT molecular complexity index is 1020. The van der Waals surface area contributed by atoms with Gasteiger partial charge in [-0.15, -0.1) is 0 Å². The number of ether oxygens (including phenoxy) is 2. The fourth-order valence-electron chi connectivity index (χ4n) is 4.67.